The van der Waals surface area contributed by atoms with Crippen molar-refractivity contribution in [3.05, 3.63) is 47.7 Å². The van der Waals surface area contributed by atoms with Crippen LogP contribution in [0.1, 0.15) is 44.9 Å². The summed E-state index contributed by atoms with van der Waals surface area (Å²) in [6.07, 6.45) is 2.92. The van der Waals surface area contributed by atoms with E-state index in [1.807, 2.05) is 0 Å². The lowest BCUT2D eigenvalue weighted by atomic mass is 9.94. The Labute approximate surface area is 162 Å². The summed E-state index contributed by atoms with van der Waals surface area (Å²) in [5.41, 5.74) is 2.75. The average Bonchev–Trinajstić information content (AvgIpc) is 3.28. The Morgan fingerprint density at radius 3 is 2.78 bits per heavy atom. The van der Waals surface area contributed by atoms with Gasteiger partial charge in [-0.1, -0.05) is 39.0 Å². The highest BCUT2D eigenvalue weighted by molar-refractivity contribution is 5.79. The first-order valence-electron chi connectivity index (χ1n) is 9.62. The quantitative estimate of drug-likeness (QED) is 0.626. The first-order chi connectivity index (χ1) is 12.9. The van der Waals surface area contributed by atoms with E-state index >= 15 is 0 Å². The van der Waals surface area contributed by atoms with E-state index in [-0.39, 0.29) is 5.41 Å². The van der Waals surface area contributed by atoms with E-state index in [0.717, 1.165) is 31.2 Å². The average molecular weight is 370 g/mol. The minimum Gasteiger partial charge on any atom is -0.443 e. The van der Waals surface area contributed by atoms with Crippen LogP contribution >= 0.6 is 0 Å². The number of hydrogen-bond donors (Lipinski definition) is 2. The second-order valence-electron chi connectivity index (χ2n) is 8.10. The Morgan fingerprint density at radius 1 is 1.30 bits per heavy atom. The van der Waals surface area contributed by atoms with E-state index < -0.39 is 0 Å². The van der Waals surface area contributed by atoms with E-state index in [4.69, 9.17) is 4.42 Å². The van der Waals surface area contributed by atoms with Gasteiger partial charge in [-0.15, -0.1) is 0 Å². The highest BCUT2D eigenvalue weighted by atomic mass is 16.4. The number of aliphatic imine (C=N–C) groups is 1. The molecule has 6 nitrogen and oxygen atoms in total. The van der Waals surface area contributed by atoms with Crippen molar-refractivity contribution in [3.63, 3.8) is 0 Å². The van der Waals surface area contributed by atoms with Gasteiger partial charge in [-0.2, -0.15) is 0 Å². The molecule has 1 aromatic heterocycles. The Morgan fingerprint density at radius 2 is 2.07 bits per heavy atom. The van der Waals surface area contributed by atoms with Crippen LogP contribution < -0.4 is 15.5 Å². The number of benzene rings is 1. The van der Waals surface area contributed by atoms with Gasteiger partial charge in [0.1, 0.15) is 5.76 Å². The third kappa shape index (κ3) is 4.62. The van der Waals surface area contributed by atoms with E-state index in [2.05, 4.69) is 77.5 Å². The Balaban J connectivity index is 1.50. The van der Waals surface area contributed by atoms with Gasteiger partial charge in [0.15, 0.2) is 5.96 Å². The summed E-state index contributed by atoms with van der Waals surface area (Å²) in [6, 6.07) is 9.03. The third-order valence-corrected chi connectivity index (χ3v) is 4.94. The number of rotatable bonds is 5. The molecule has 146 valence electrons. The number of guanidine groups is 1. The van der Waals surface area contributed by atoms with Crippen molar-refractivity contribution in [2.45, 2.75) is 52.1 Å². The topological polar surface area (TPSA) is 65.7 Å². The van der Waals surface area contributed by atoms with Crippen molar-refractivity contribution in [1.82, 2.24) is 15.6 Å². The smallest absolute Gasteiger partial charge is 0.213 e. The summed E-state index contributed by atoms with van der Waals surface area (Å²) < 4.78 is 5.82. The molecule has 0 saturated heterocycles. The largest absolute Gasteiger partial charge is 0.443 e. The molecule has 0 fully saturated rings. The molecule has 0 saturated carbocycles. The lowest BCUT2D eigenvalue weighted by Gasteiger charge is -2.28. The highest BCUT2D eigenvalue weighted by Gasteiger charge is 2.23. The van der Waals surface area contributed by atoms with Crippen LogP contribution in [-0.2, 0) is 18.4 Å². The van der Waals surface area contributed by atoms with Crippen LogP contribution in [0.5, 0.6) is 0 Å². The number of hydrogen-bond acceptors (Lipinski definition) is 4. The van der Waals surface area contributed by atoms with Gasteiger partial charge in [0, 0.05) is 37.3 Å². The lowest BCUT2D eigenvalue weighted by molar-refractivity contribution is 0.379. The van der Waals surface area contributed by atoms with E-state index in [9.17, 15) is 0 Å². The van der Waals surface area contributed by atoms with Crippen LogP contribution in [0.25, 0.3) is 0 Å². The maximum absolute atomic E-state index is 5.82. The van der Waals surface area contributed by atoms with Crippen LogP contribution in [0, 0.1) is 0 Å². The zero-order valence-corrected chi connectivity index (χ0v) is 17.0. The SMILES string of the molecule is CN=C(NCc1ncc(C(C)(C)C)o1)NCC(C)N1CCc2ccccc21. The van der Waals surface area contributed by atoms with Crippen LogP contribution in [0.4, 0.5) is 5.69 Å². The second-order valence-corrected chi connectivity index (χ2v) is 8.10. The van der Waals surface area contributed by atoms with Gasteiger partial charge in [0.25, 0.3) is 0 Å². The van der Waals surface area contributed by atoms with Crippen molar-refractivity contribution in [2.75, 3.05) is 25.0 Å². The molecule has 0 amide bonds. The molecule has 2 N–H and O–H groups in total. The number of fused-ring (bicyclic) bond motifs is 1. The molecule has 27 heavy (non-hydrogen) atoms. The van der Waals surface area contributed by atoms with E-state index in [0.29, 0.717) is 18.5 Å². The highest BCUT2D eigenvalue weighted by Crippen LogP contribution is 2.28. The molecule has 1 atom stereocenters. The number of nitrogens with zero attached hydrogens (tertiary/aromatic N) is 3. The van der Waals surface area contributed by atoms with Crippen molar-refractivity contribution in [2.24, 2.45) is 4.99 Å². The van der Waals surface area contributed by atoms with Crippen LogP contribution in [0.3, 0.4) is 0 Å². The molecule has 1 aromatic carbocycles. The second kappa shape index (κ2) is 8.03. The predicted octanol–water partition coefficient (Wildman–Crippen LogP) is 3.09. The molecule has 1 aliphatic rings. The summed E-state index contributed by atoms with van der Waals surface area (Å²) in [4.78, 5) is 11.1. The summed E-state index contributed by atoms with van der Waals surface area (Å²) in [5, 5.41) is 6.69. The lowest BCUT2D eigenvalue weighted by Crippen LogP contribution is -2.45. The zero-order valence-electron chi connectivity index (χ0n) is 17.0. The Kier molecular flexibility index (Phi) is 5.73. The monoisotopic (exact) mass is 369 g/mol. The predicted molar refractivity (Wildman–Crippen MR) is 110 cm³/mol. The standard InChI is InChI=1S/C21H31N5O/c1-15(26-11-10-16-8-6-7-9-17(16)26)12-24-20(22-5)25-14-19-23-13-18(27-19)21(2,3)4/h6-9,13,15H,10-12,14H2,1-5H3,(H2,22,24,25). The fraction of sp³-hybridized carbons (Fsp3) is 0.524. The minimum atomic E-state index is -0.0351. The third-order valence-electron chi connectivity index (χ3n) is 4.94. The molecule has 2 aromatic rings. The van der Waals surface area contributed by atoms with Crippen LogP contribution in [0.15, 0.2) is 39.9 Å². The fourth-order valence-corrected chi connectivity index (χ4v) is 3.29. The summed E-state index contributed by atoms with van der Waals surface area (Å²) in [5.74, 6) is 2.32. The van der Waals surface area contributed by atoms with Gasteiger partial charge in [0.2, 0.25) is 5.89 Å². The summed E-state index contributed by atoms with van der Waals surface area (Å²) in [6.45, 7) is 11.0. The number of nitrogens with one attached hydrogen (secondary N) is 2. The molecule has 1 aliphatic heterocycles. The van der Waals surface area contributed by atoms with E-state index in [1.165, 1.54) is 11.3 Å². The van der Waals surface area contributed by atoms with E-state index in [1.54, 1.807) is 13.2 Å². The Bertz CT molecular complexity index is 790. The van der Waals surface area contributed by atoms with Crippen molar-refractivity contribution in [3.8, 4) is 0 Å². The zero-order chi connectivity index (χ0) is 19.4. The van der Waals surface area contributed by atoms with Gasteiger partial charge in [-0.3, -0.25) is 4.99 Å². The first-order valence-corrected chi connectivity index (χ1v) is 9.62. The van der Waals surface area contributed by atoms with Gasteiger partial charge in [0.05, 0.1) is 12.7 Å². The van der Waals surface area contributed by atoms with Gasteiger partial charge in [-0.05, 0) is 25.0 Å². The Hall–Kier alpha value is -2.50. The molecule has 6 heteroatoms. The molecule has 2 heterocycles. The molecule has 0 bridgehead atoms. The molecule has 0 spiro atoms. The molecule has 0 aliphatic carbocycles. The normalized spacial score (nSPS) is 15.6. The van der Waals surface area contributed by atoms with Gasteiger partial charge < -0.3 is 20.0 Å². The number of aromatic nitrogens is 1. The van der Waals surface area contributed by atoms with Crippen molar-refractivity contribution in [1.29, 1.82) is 0 Å². The van der Waals surface area contributed by atoms with Gasteiger partial charge >= 0.3 is 0 Å². The number of oxazole rings is 1. The molecular formula is C21H31N5O. The molecule has 1 unspecified atom stereocenters. The number of anilines is 1. The summed E-state index contributed by atoms with van der Waals surface area (Å²) in [7, 11) is 1.78. The molecular weight excluding hydrogens is 338 g/mol. The first kappa shape index (κ1) is 19.3. The van der Waals surface area contributed by atoms with Crippen LogP contribution in [-0.4, -0.2) is 37.1 Å². The molecule has 3 rings (SSSR count). The maximum Gasteiger partial charge on any atom is 0.213 e. The maximum atomic E-state index is 5.82. The van der Waals surface area contributed by atoms with Gasteiger partial charge in [-0.25, -0.2) is 4.98 Å². The minimum absolute atomic E-state index is 0.0351. The fourth-order valence-electron chi connectivity index (χ4n) is 3.29. The summed E-state index contributed by atoms with van der Waals surface area (Å²) >= 11 is 0. The molecule has 0 radical (unpaired) electrons. The van der Waals surface area contributed by atoms with Crippen LogP contribution in [0.2, 0.25) is 0 Å². The number of para-hydroxylation sites is 1. The van der Waals surface area contributed by atoms with Crippen molar-refractivity contribution < 1.29 is 4.42 Å². The van der Waals surface area contributed by atoms with Crippen molar-refractivity contribution >= 4 is 11.6 Å².